The van der Waals surface area contributed by atoms with Gasteiger partial charge in [-0.3, -0.25) is 18.8 Å². The van der Waals surface area contributed by atoms with Crippen molar-refractivity contribution in [2.75, 3.05) is 28.5 Å². The number of imide groups is 1. The van der Waals surface area contributed by atoms with Crippen molar-refractivity contribution < 1.29 is 18.0 Å². The number of rotatable bonds is 3. The van der Waals surface area contributed by atoms with E-state index in [0.717, 1.165) is 11.3 Å². The zero-order valence-corrected chi connectivity index (χ0v) is 14.2. The van der Waals surface area contributed by atoms with Crippen molar-refractivity contribution in [1.29, 1.82) is 0 Å². The molecule has 1 aromatic carbocycles. The van der Waals surface area contributed by atoms with E-state index < -0.39 is 10.0 Å². The molecule has 0 aliphatic carbocycles. The lowest BCUT2D eigenvalue weighted by atomic mass is 10.2. The highest BCUT2D eigenvalue weighted by Crippen LogP contribution is 2.27. The van der Waals surface area contributed by atoms with E-state index in [1.54, 1.807) is 24.3 Å². The first-order valence-corrected chi connectivity index (χ1v) is 9.38. The number of carbonyl (C=O) groups is 2. The Hall–Kier alpha value is -2.35. The van der Waals surface area contributed by atoms with Gasteiger partial charge in [-0.2, -0.15) is 0 Å². The Morgan fingerprint density at radius 3 is 2.71 bits per heavy atom. The summed E-state index contributed by atoms with van der Waals surface area (Å²) in [7, 11) is -3.27. The van der Waals surface area contributed by atoms with E-state index in [0.29, 0.717) is 30.0 Å². The van der Waals surface area contributed by atoms with Crippen LogP contribution in [0.25, 0.3) is 0 Å². The molecule has 1 aromatic rings. The molecule has 0 bridgehead atoms. The van der Waals surface area contributed by atoms with Crippen molar-refractivity contribution in [3.63, 3.8) is 0 Å². The maximum absolute atomic E-state index is 12.2. The van der Waals surface area contributed by atoms with Crippen LogP contribution in [0.15, 0.2) is 36.0 Å². The summed E-state index contributed by atoms with van der Waals surface area (Å²) in [6, 6.07) is 7.05. The van der Waals surface area contributed by atoms with Gasteiger partial charge in [-0.1, -0.05) is 6.07 Å². The Kier molecular flexibility index (Phi) is 4.31. The molecule has 24 heavy (non-hydrogen) atoms. The summed E-state index contributed by atoms with van der Waals surface area (Å²) in [4.78, 5) is 24.2. The van der Waals surface area contributed by atoms with E-state index in [2.05, 4.69) is 5.32 Å². The topological polar surface area (TPSA) is 86.8 Å². The van der Waals surface area contributed by atoms with Gasteiger partial charge in [0.25, 0.3) is 5.91 Å². The average Bonchev–Trinajstić information content (AvgIpc) is 2.88. The molecular formula is C16H19N3O4S. The summed E-state index contributed by atoms with van der Waals surface area (Å²) in [5.74, 6) is -0.487. The lowest BCUT2D eigenvalue weighted by Crippen LogP contribution is -2.37. The summed E-state index contributed by atoms with van der Waals surface area (Å²) < 4.78 is 25.8. The number of amides is 2. The Balaban J connectivity index is 1.78. The Labute approximate surface area is 141 Å². The molecule has 1 N–H and O–H groups in total. The molecule has 2 aliphatic rings. The van der Waals surface area contributed by atoms with E-state index >= 15 is 0 Å². The number of hydrogen-bond acceptors (Lipinski definition) is 5. The van der Waals surface area contributed by atoms with Crippen LogP contribution in [0.1, 0.15) is 19.8 Å². The maximum atomic E-state index is 12.2. The van der Waals surface area contributed by atoms with E-state index in [1.165, 1.54) is 17.3 Å². The largest absolute Gasteiger partial charge is 0.357 e. The van der Waals surface area contributed by atoms with Gasteiger partial charge in [-0.25, -0.2) is 8.42 Å². The predicted octanol–water partition coefficient (Wildman–Crippen LogP) is 1.30. The Bertz CT molecular complexity index is 816. The standard InChI is InChI=1S/C16H19N3O4S/c1-12(20)18-11-14(10-16(18)21)17-13-5-4-6-15(9-13)19-7-2-3-8-24(19,22)23/h4-6,9-10,17H,2-3,7-8,11H2,1H3. The van der Waals surface area contributed by atoms with Gasteiger partial charge < -0.3 is 5.32 Å². The summed E-state index contributed by atoms with van der Waals surface area (Å²) in [5.41, 5.74) is 1.89. The fraction of sp³-hybridized carbons (Fsp3) is 0.375. The first-order valence-electron chi connectivity index (χ1n) is 7.77. The second-order valence-electron chi connectivity index (χ2n) is 5.88. The van der Waals surface area contributed by atoms with Gasteiger partial charge in [-0.05, 0) is 31.0 Å². The monoisotopic (exact) mass is 349 g/mol. The van der Waals surface area contributed by atoms with Crippen LogP contribution in [-0.2, 0) is 19.6 Å². The molecule has 1 fully saturated rings. The van der Waals surface area contributed by atoms with Crippen LogP contribution < -0.4 is 9.62 Å². The van der Waals surface area contributed by atoms with Crippen molar-refractivity contribution >= 4 is 33.2 Å². The molecule has 0 aromatic heterocycles. The van der Waals surface area contributed by atoms with Crippen molar-refractivity contribution in [1.82, 2.24) is 4.90 Å². The number of nitrogens with zero attached hydrogens (tertiary/aromatic N) is 2. The molecule has 3 rings (SSSR count). The van der Waals surface area contributed by atoms with Gasteiger partial charge >= 0.3 is 0 Å². The minimum absolute atomic E-state index is 0.165. The van der Waals surface area contributed by atoms with Crippen LogP contribution >= 0.6 is 0 Å². The lowest BCUT2D eigenvalue weighted by Gasteiger charge is -2.28. The van der Waals surface area contributed by atoms with Crippen LogP contribution in [0.4, 0.5) is 11.4 Å². The fourth-order valence-corrected chi connectivity index (χ4v) is 4.50. The molecular weight excluding hydrogens is 330 g/mol. The van der Waals surface area contributed by atoms with Crippen LogP contribution in [0.2, 0.25) is 0 Å². The van der Waals surface area contributed by atoms with Gasteiger partial charge in [0.15, 0.2) is 0 Å². The highest BCUT2D eigenvalue weighted by Gasteiger charge is 2.27. The molecule has 0 saturated carbocycles. The minimum atomic E-state index is -3.27. The molecule has 0 unspecified atom stereocenters. The third-order valence-electron chi connectivity index (χ3n) is 4.06. The van der Waals surface area contributed by atoms with Crippen LogP contribution in [0, 0.1) is 0 Å². The number of nitrogens with one attached hydrogen (secondary N) is 1. The summed E-state index contributed by atoms with van der Waals surface area (Å²) in [6.07, 6.45) is 2.91. The smallest absolute Gasteiger partial charge is 0.255 e. The van der Waals surface area contributed by atoms with Gasteiger partial charge in [0.05, 0.1) is 18.0 Å². The molecule has 0 spiro atoms. The zero-order valence-electron chi connectivity index (χ0n) is 13.4. The first kappa shape index (κ1) is 16.5. The number of carbonyl (C=O) groups excluding carboxylic acids is 2. The minimum Gasteiger partial charge on any atom is -0.357 e. The van der Waals surface area contributed by atoms with Crippen molar-refractivity contribution in [2.45, 2.75) is 19.8 Å². The first-order chi connectivity index (χ1) is 11.4. The quantitative estimate of drug-likeness (QED) is 0.889. The highest BCUT2D eigenvalue weighted by atomic mass is 32.2. The van der Waals surface area contributed by atoms with E-state index in [1.807, 2.05) is 0 Å². The Morgan fingerprint density at radius 1 is 1.25 bits per heavy atom. The molecule has 2 amide bonds. The SMILES string of the molecule is CC(=O)N1CC(Nc2cccc(N3CCCCS3(=O)=O)c2)=CC1=O. The third-order valence-corrected chi connectivity index (χ3v) is 5.93. The highest BCUT2D eigenvalue weighted by molar-refractivity contribution is 7.92. The third kappa shape index (κ3) is 3.28. The van der Waals surface area contributed by atoms with E-state index in [-0.39, 0.29) is 24.1 Å². The molecule has 7 nitrogen and oxygen atoms in total. The van der Waals surface area contributed by atoms with Gasteiger partial charge in [-0.15, -0.1) is 0 Å². The van der Waals surface area contributed by atoms with Gasteiger partial charge in [0.2, 0.25) is 15.9 Å². The molecule has 0 radical (unpaired) electrons. The molecule has 1 saturated heterocycles. The second-order valence-corrected chi connectivity index (χ2v) is 7.90. The number of sulfonamides is 1. The lowest BCUT2D eigenvalue weighted by molar-refractivity contribution is -0.138. The van der Waals surface area contributed by atoms with E-state index in [9.17, 15) is 18.0 Å². The van der Waals surface area contributed by atoms with E-state index in [4.69, 9.17) is 0 Å². The molecule has 8 heteroatoms. The molecule has 2 heterocycles. The Morgan fingerprint density at radius 2 is 2.04 bits per heavy atom. The van der Waals surface area contributed by atoms with Gasteiger partial charge in [0, 0.05) is 30.9 Å². The number of hydrogen-bond donors (Lipinski definition) is 1. The maximum Gasteiger partial charge on any atom is 0.255 e. The normalized spacial score (nSPS) is 20.0. The van der Waals surface area contributed by atoms with Crippen LogP contribution in [-0.4, -0.2) is 44.0 Å². The molecule has 2 aliphatic heterocycles. The summed E-state index contributed by atoms with van der Waals surface area (Å²) in [6.45, 7) is 2.02. The van der Waals surface area contributed by atoms with Crippen LogP contribution in [0.5, 0.6) is 0 Å². The van der Waals surface area contributed by atoms with Crippen molar-refractivity contribution in [2.24, 2.45) is 0 Å². The van der Waals surface area contributed by atoms with Crippen LogP contribution in [0.3, 0.4) is 0 Å². The number of anilines is 2. The predicted molar refractivity (Wildman–Crippen MR) is 90.9 cm³/mol. The van der Waals surface area contributed by atoms with Gasteiger partial charge in [0.1, 0.15) is 0 Å². The fourth-order valence-electron chi connectivity index (χ4n) is 2.87. The molecule has 128 valence electrons. The van der Waals surface area contributed by atoms with Crippen molar-refractivity contribution in [3.8, 4) is 0 Å². The summed E-state index contributed by atoms with van der Waals surface area (Å²) in [5, 5.41) is 3.09. The van der Waals surface area contributed by atoms with Crippen molar-refractivity contribution in [3.05, 3.63) is 36.0 Å². The molecule has 0 atom stereocenters. The zero-order chi connectivity index (χ0) is 17.3. The second kappa shape index (κ2) is 6.27. The number of benzene rings is 1. The average molecular weight is 349 g/mol. The summed E-state index contributed by atoms with van der Waals surface area (Å²) >= 11 is 0.